The van der Waals surface area contributed by atoms with Crippen LogP contribution in [-0.4, -0.2) is 57.8 Å². The van der Waals surface area contributed by atoms with E-state index in [0.717, 1.165) is 30.8 Å². The van der Waals surface area contributed by atoms with Crippen molar-refractivity contribution in [3.8, 4) is 0 Å². The molecular weight excluding hydrogens is 330 g/mol. The summed E-state index contributed by atoms with van der Waals surface area (Å²) in [5.41, 5.74) is 1.54. The van der Waals surface area contributed by atoms with Crippen molar-refractivity contribution in [2.75, 3.05) is 20.1 Å². The zero-order valence-electron chi connectivity index (χ0n) is 15.8. The fraction of sp³-hybridized carbons (Fsp3) is 0.684. The Morgan fingerprint density at radius 2 is 2.00 bits per heavy atom. The maximum Gasteiger partial charge on any atom is 0.234 e. The summed E-state index contributed by atoms with van der Waals surface area (Å²) < 4.78 is 0. The molecule has 1 aromatic heterocycles. The van der Waals surface area contributed by atoms with E-state index >= 15 is 0 Å². The SMILES string of the molecule is CC(=O)N1CCC[C@@H]1c1cncc(CNC(=O)CN(C)C2CCCC2)n1. The molecule has 0 radical (unpaired) electrons. The van der Waals surface area contributed by atoms with Gasteiger partial charge in [0.25, 0.3) is 0 Å². The molecule has 2 heterocycles. The highest BCUT2D eigenvalue weighted by Gasteiger charge is 2.29. The van der Waals surface area contributed by atoms with Crippen LogP contribution in [0.15, 0.2) is 12.4 Å². The number of carbonyl (C=O) groups is 2. The summed E-state index contributed by atoms with van der Waals surface area (Å²) in [5.74, 6) is 0.0841. The topological polar surface area (TPSA) is 78.4 Å². The van der Waals surface area contributed by atoms with Crippen LogP contribution in [0.4, 0.5) is 0 Å². The van der Waals surface area contributed by atoms with E-state index in [1.165, 1.54) is 25.7 Å². The summed E-state index contributed by atoms with van der Waals surface area (Å²) in [5, 5.41) is 2.94. The lowest BCUT2D eigenvalue weighted by Gasteiger charge is -2.23. The van der Waals surface area contributed by atoms with E-state index in [1.54, 1.807) is 19.3 Å². The average molecular weight is 359 g/mol. The lowest BCUT2D eigenvalue weighted by molar-refractivity contribution is -0.129. The molecule has 0 unspecified atom stereocenters. The standard InChI is InChI=1S/C19H29N5O2/c1-14(25)24-9-5-8-18(24)17-12-20-10-15(22-17)11-21-19(26)13-23(2)16-6-3-4-7-16/h10,12,16,18H,3-9,11,13H2,1-2H3,(H,21,26)/t18-/m1/s1. The molecule has 0 aromatic carbocycles. The third-order valence-electron chi connectivity index (χ3n) is 5.51. The van der Waals surface area contributed by atoms with E-state index < -0.39 is 0 Å². The van der Waals surface area contributed by atoms with Gasteiger partial charge in [0.2, 0.25) is 11.8 Å². The Bertz CT molecular complexity index is 645. The van der Waals surface area contributed by atoms with Crippen LogP contribution in [0, 0.1) is 0 Å². The Hall–Kier alpha value is -2.02. The molecular formula is C19H29N5O2. The second-order valence-electron chi connectivity index (χ2n) is 7.44. The third kappa shape index (κ3) is 4.58. The number of likely N-dealkylation sites (tertiary alicyclic amines) is 1. The van der Waals surface area contributed by atoms with Gasteiger partial charge in [-0.15, -0.1) is 0 Å². The first-order chi connectivity index (χ1) is 12.5. The predicted octanol–water partition coefficient (Wildman–Crippen LogP) is 1.65. The van der Waals surface area contributed by atoms with Crippen LogP contribution < -0.4 is 5.32 Å². The summed E-state index contributed by atoms with van der Waals surface area (Å²) in [4.78, 5) is 36.9. The molecule has 2 fully saturated rings. The van der Waals surface area contributed by atoms with Crippen LogP contribution in [0.1, 0.15) is 62.9 Å². The minimum absolute atomic E-state index is 0.00384. The van der Waals surface area contributed by atoms with E-state index in [4.69, 9.17) is 0 Å². The highest BCUT2D eigenvalue weighted by Crippen LogP contribution is 2.30. The van der Waals surface area contributed by atoms with Crippen LogP contribution in [0.3, 0.4) is 0 Å². The summed E-state index contributed by atoms with van der Waals surface area (Å²) >= 11 is 0. The predicted molar refractivity (Wildman–Crippen MR) is 98.1 cm³/mol. The summed E-state index contributed by atoms with van der Waals surface area (Å²) in [7, 11) is 2.02. The molecule has 1 atom stereocenters. The Balaban J connectivity index is 1.53. The number of aromatic nitrogens is 2. The quantitative estimate of drug-likeness (QED) is 0.836. The molecule has 1 aliphatic carbocycles. The molecule has 2 amide bonds. The molecule has 142 valence electrons. The Labute approximate surface area is 155 Å². The van der Waals surface area contributed by atoms with Crippen LogP contribution in [0.5, 0.6) is 0 Å². The number of likely N-dealkylation sites (N-methyl/N-ethyl adjacent to an activating group) is 1. The van der Waals surface area contributed by atoms with Crippen LogP contribution in [0.25, 0.3) is 0 Å². The normalized spacial score (nSPS) is 20.7. The van der Waals surface area contributed by atoms with Crippen molar-refractivity contribution < 1.29 is 9.59 Å². The molecule has 7 nitrogen and oxygen atoms in total. The van der Waals surface area contributed by atoms with Crippen LogP contribution >= 0.6 is 0 Å². The van der Waals surface area contributed by atoms with Gasteiger partial charge in [-0.1, -0.05) is 12.8 Å². The Morgan fingerprint density at radius 1 is 1.23 bits per heavy atom. The molecule has 1 aromatic rings. The highest BCUT2D eigenvalue weighted by atomic mass is 16.2. The molecule has 26 heavy (non-hydrogen) atoms. The second kappa shape index (κ2) is 8.58. The molecule has 3 rings (SSSR count). The number of nitrogens with zero attached hydrogens (tertiary/aromatic N) is 4. The van der Waals surface area contributed by atoms with Gasteiger partial charge in [0.05, 0.1) is 42.9 Å². The second-order valence-corrected chi connectivity index (χ2v) is 7.44. The Morgan fingerprint density at radius 3 is 2.73 bits per heavy atom. The zero-order chi connectivity index (χ0) is 18.5. The number of nitrogens with one attached hydrogen (secondary N) is 1. The van der Waals surface area contributed by atoms with E-state index in [0.29, 0.717) is 19.1 Å². The van der Waals surface area contributed by atoms with E-state index in [1.807, 2.05) is 11.9 Å². The van der Waals surface area contributed by atoms with Crippen molar-refractivity contribution in [3.63, 3.8) is 0 Å². The van der Waals surface area contributed by atoms with Gasteiger partial charge in [0.15, 0.2) is 0 Å². The number of amides is 2. The van der Waals surface area contributed by atoms with Crippen LogP contribution in [0.2, 0.25) is 0 Å². The molecule has 0 bridgehead atoms. The van der Waals surface area contributed by atoms with Gasteiger partial charge in [0.1, 0.15) is 0 Å². The van der Waals surface area contributed by atoms with Crippen molar-refractivity contribution in [1.29, 1.82) is 0 Å². The van der Waals surface area contributed by atoms with Gasteiger partial charge in [-0.2, -0.15) is 0 Å². The van der Waals surface area contributed by atoms with Crippen molar-refractivity contribution in [2.45, 2.75) is 64.1 Å². The molecule has 1 N–H and O–H groups in total. The van der Waals surface area contributed by atoms with Crippen LogP contribution in [-0.2, 0) is 16.1 Å². The summed E-state index contributed by atoms with van der Waals surface area (Å²) in [6.45, 7) is 3.15. The highest BCUT2D eigenvalue weighted by molar-refractivity contribution is 5.78. The monoisotopic (exact) mass is 359 g/mol. The maximum absolute atomic E-state index is 12.2. The molecule has 7 heteroatoms. The lowest BCUT2D eigenvalue weighted by atomic mass is 10.1. The minimum Gasteiger partial charge on any atom is -0.349 e. The van der Waals surface area contributed by atoms with E-state index in [9.17, 15) is 9.59 Å². The van der Waals surface area contributed by atoms with Gasteiger partial charge < -0.3 is 10.2 Å². The summed E-state index contributed by atoms with van der Waals surface area (Å²) in [6, 6.07) is 0.535. The fourth-order valence-corrected chi connectivity index (χ4v) is 4.07. The molecule has 1 saturated heterocycles. The number of hydrogen-bond acceptors (Lipinski definition) is 5. The largest absolute Gasteiger partial charge is 0.349 e. The molecule has 0 spiro atoms. The number of hydrogen-bond donors (Lipinski definition) is 1. The lowest BCUT2D eigenvalue weighted by Crippen LogP contribution is -2.39. The van der Waals surface area contributed by atoms with Gasteiger partial charge in [-0.25, -0.2) is 0 Å². The zero-order valence-corrected chi connectivity index (χ0v) is 15.8. The number of carbonyl (C=O) groups excluding carboxylic acids is 2. The molecule has 1 aliphatic heterocycles. The first-order valence-corrected chi connectivity index (χ1v) is 9.59. The van der Waals surface area contributed by atoms with Crippen molar-refractivity contribution in [1.82, 2.24) is 25.1 Å². The Kier molecular flexibility index (Phi) is 6.19. The first-order valence-electron chi connectivity index (χ1n) is 9.59. The maximum atomic E-state index is 12.2. The summed E-state index contributed by atoms with van der Waals surface area (Å²) in [6.07, 6.45) is 10.2. The smallest absolute Gasteiger partial charge is 0.234 e. The minimum atomic E-state index is 0.00384. The van der Waals surface area contributed by atoms with Gasteiger partial charge in [-0.3, -0.25) is 24.5 Å². The van der Waals surface area contributed by atoms with Crippen molar-refractivity contribution in [2.24, 2.45) is 0 Å². The third-order valence-corrected chi connectivity index (χ3v) is 5.51. The van der Waals surface area contributed by atoms with Crippen molar-refractivity contribution >= 4 is 11.8 Å². The fourth-order valence-electron chi connectivity index (χ4n) is 4.07. The molecule has 2 aliphatic rings. The van der Waals surface area contributed by atoms with E-state index in [2.05, 4.69) is 20.2 Å². The molecule has 1 saturated carbocycles. The van der Waals surface area contributed by atoms with Gasteiger partial charge in [0, 0.05) is 19.5 Å². The van der Waals surface area contributed by atoms with Gasteiger partial charge in [-0.05, 0) is 32.7 Å². The van der Waals surface area contributed by atoms with E-state index in [-0.39, 0.29) is 17.9 Å². The first kappa shape index (κ1) is 18.8. The number of rotatable bonds is 6. The average Bonchev–Trinajstić information content (AvgIpc) is 3.31. The van der Waals surface area contributed by atoms with Gasteiger partial charge >= 0.3 is 0 Å². The van der Waals surface area contributed by atoms with Crippen molar-refractivity contribution in [3.05, 3.63) is 23.8 Å².